The second-order valence-corrected chi connectivity index (χ2v) is 20.9. The summed E-state index contributed by atoms with van der Waals surface area (Å²) in [5, 5.41) is 0. The van der Waals surface area contributed by atoms with Gasteiger partial charge in [0.25, 0.3) is 0 Å². The van der Waals surface area contributed by atoms with E-state index in [1.54, 1.807) is 0 Å². The van der Waals surface area contributed by atoms with Crippen LogP contribution in [0.5, 0.6) is 0 Å². The zero-order valence-electron chi connectivity index (χ0n) is 5.68. The molecule has 0 heterocycles. The van der Waals surface area contributed by atoms with E-state index in [4.69, 9.17) is 11.8 Å². The molecule has 0 aromatic carbocycles. The molecule has 0 aromatic heterocycles. The van der Waals surface area contributed by atoms with Crippen LogP contribution in [0.1, 0.15) is 13.8 Å². The molecule has 4 heteroatoms. The van der Waals surface area contributed by atoms with Crippen LogP contribution in [0.25, 0.3) is 0 Å². The summed E-state index contributed by atoms with van der Waals surface area (Å²) in [6, 6.07) is 0. The molecule has 44 valence electrons. The second-order valence-electron chi connectivity index (χ2n) is 1.63. The third kappa shape index (κ3) is 3.37. The summed E-state index contributed by atoms with van der Waals surface area (Å²) in [6.07, 6.45) is 2.62. The van der Waals surface area contributed by atoms with Crippen LogP contribution >= 0.6 is 4.73 Å². The van der Waals surface area contributed by atoms with E-state index in [2.05, 4.69) is 13.8 Å². The summed E-state index contributed by atoms with van der Waals surface area (Å²) in [5.41, 5.74) is 0. The van der Waals surface area contributed by atoms with Gasteiger partial charge in [0.1, 0.15) is 0 Å². The number of hydrogen-bond acceptors (Lipinski definition) is 1. The van der Waals surface area contributed by atoms with Crippen LogP contribution in [0.2, 0.25) is 0 Å². The van der Waals surface area contributed by atoms with Gasteiger partial charge in [-0.3, -0.25) is 0 Å². The molecule has 0 nitrogen and oxygen atoms in total. The summed E-state index contributed by atoms with van der Waals surface area (Å²) >= 11 is 6.85. The Morgan fingerprint density at radius 1 is 1.50 bits per heavy atom. The van der Waals surface area contributed by atoms with Crippen LogP contribution in [0, 0.1) is 0 Å². The quantitative estimate of drug-likeness (QED) is 0.512. The van der Waals surface area contributed by atoms with Crippen LogP contribution in [-0.2, 0) is 11.8 Å². The molecule has 0 fully saturated rings. The molecule has 0 aliphatic rings. The van der Waals surface area contributed by atoms with Gasteiger partial charge < -0.3 is 0 Å². The Balaban J connectivity index is 3.79. The molecule has 0 atom stereocenters. The molecule has 0 saturated heterocycles. The van der Waals surface area contributed by atoms with Gasteiger partial charge in [0.2, 0.25) is 0 Å². The molecule has 0 aromatic rings. The van der Waals surface area contributed by atoms with Crippen LogP contribution in [0.3, 0.4) is 0 Å². The number of rotatable bonds is 3. The van der Waals surface area contributed by atoms with Crippen molar-refractivity contribution in [3.8, 4) is 0 Å². The van der Waals surface area contributed by atoms with Crippen LogP contribution in [-0.4, -0.2) is 47.8 Å². The fourth-order valence-corrected chi connectivity index (χ4v) is 12.7. The number of hydrogen-bond donors (Lipinski definition) is 0. The first-order chi connectivity index (χ1) is 3.68. The zero-order valence-corrected chi connectivity index (χ0v) is 11.1. The normalized spacial score (nSPS) is 12.0. The van der Waals surface area contributed by atoms with Gasteiger partial charge >= 0.3 is 78.2 Å². The molecule has 0 N–H and O–H groups in total. The Morgan fingerprint density at radius 2 is 1.88 bits per heavy atom. The van der Waals surface area contributed by atoms with Crippen LogP contribution < -0.4 is 0 Å². The molecule has 0 bridgehead atoms. The molecule has 0 rings (SSSR count). The van der Waals surface area contributed by atoms with E-state index in [9.17, 15) is 0 Å². The summed E-state index contributed by atoms with van der Waals surface area (Å²) in [6.45, 7) is 4.51. The fourth-order valence-electron chi connectivity index (χ4n) is 0.482. The first kappa shape index (κ1) is 10.2. The molecule has 0 unspecified atom stereocenters. The van der Waals surface area contributed by atoms with Gasteiger partial charge in [-0.1, -0.05) is 0 Å². The zero-order chi connectivity index (χ0) is 6.62. The summed E-state index contributed by atoms with van der Waals surface area (Å²) in [4.78, 5) is 0. The topological polar surface area (TPSA) is 0 Å². The average Bonchev–Trinajstić information content (AvgIpc) is 1.87. The van der Waals surface area contributed by atoms with E-state index in [1.807, 2.05) is 0 Å². The predicted molar refractivity (Wildman–Crippen MR) is 46.9 cm³/mol. The summed E-state index contributed by atoms with van der Waals surface area (Å²) < 4.78 is -0.704. The van der Waals surface area contributed by atoms with Crippen molar-refractivity contribution in [1.29, 1.82) is 0 Å². The molecule has 0 aliphatic heterocycles. The Bertz CT molecular complexity index is 87.2. The van der Waals surface area contributed by atoms with Gasteiger partial charge in [-0.25, -0.2) is 0 Å². The van der Waals surface area contributed by atoms with Crippen molar-refractivity contribution in [1.82, 2.24) is 0 Å². The molecule has 8 heavy (non-hydrogen) atoms. The standard InChI is InChI=1S/C4H11PSSe.Na/c1-3-5(6,7)4-2;/h3-4H2,1-2H3,(H,6,7);/q;+1/p-1. The monoisotopic (exact) mass is 224 g/mol. The van der Waals surface area contributed by atoms with Crippen LogP contribution in [0.4, 0.5) is 0 Å². The van der Waals surface area contributed by atoms with Crippen molar-refractivity contribution >= 4 is 52.0 Å². The van der Waals surface area contributed by atoms with Crippen LogP contribution in [0.15, 0.2) is 0 Å². The van der Waals surface area contributed by atoms with E-state index in [1.165, 1.54) is 37.7 Å². The van der Waals surface area contributed by atoms with Crippen molar-refractivity contribution < 1.29 is 0 Å². The Kier molecular flexibility index (Phi) is 6.24. The van der Waals surface area contributed by atoms with Crippen molar-refractivity contribution in [2.75, 3.05) is 12.3 Å². The Morgan fingerprint density at radius 3 is 1.88 bits per heavy atom. The van der Waals surface area contributed by atoms with E-state index in [-0.39, 0.29) is 0 Å². The van der Waals surface area contributed by atoms with Gasteiger partial charge in [-0.05, 0) is 0 Å². The minimum atomic E-state index is -0.704. The van der Waals surface area contributed by atoms with Gasteiger partial charge in [0, 0.05) is 0 Å². The van der Waals surface area contributed by atoms with Gasteiger partial charge in [-0.15, -0.1) is 0 Å². The van der Waals surface area contributed by atoms with Gasteiger partial charge in [0.15, 0.2) is 0 Å². The molecular formula is C4H10NaPSSe. The Labute approximate surface area is 77.2 Å². The first-order valence-electron chi connectivity index (χ1n) is 2.82. The molecule has 0 radical (unpaired) electrons. The Hall–Kier alpha value is 2.17. The predicted octanol–water partition coefficient (Wildman–Crippen LogP) is 1.21. The van der Waals surface area contributed by atoms with E-state index in [0.29, 0.717) is 0 Å². The fraction of sp³-hybridized carbons (Fsp3) is 1.00. The second kappa shape index (κ2) is 4.91. The van der Waals surface area contributed by atoms with Gasteiger partial charge in [-0.2, -0.15) is 0 Å². The summed E-state index contributed by atoms with van der Waals surface area (Å²) in [5.74, 6) is 0. The molecular weight excluding hydrogens is 213 g/mol. The van der Waals surface area contributed by atoms with Crippen molar-refractivity contribution in [3.05, 3.63) is 0 Å². The molecule has 0 amide bonds. The average molecular weight is 223 g/mol. The van der Waals surface area contributed by atoms with Crippen molar-refractivity contribution in [2.24, 2.45) is 0 Å². The van der Waals surface area contributed by atoms with E-state index < -0.39 is 4.73 Å². The SMILES string of the molecule is CCP(=S)(CC)[Se][Na]. The molecule has 0 spiro atoms. The third-order valence-electron chi connectivity index (χ3n) is 1.30. The van der Waals surface area contributed by atoms with E-state index >= 15 is 0 Å². The first-order valence-corrected chi connectivity index (χ1v) is 14.2. The molecule has 0 saturated carbocycles. The summed E-state index contributed by atoms with van der Waals surface area (Å²) in [7, 11) is 0.895. The minimum absolute atomic E-state index is 0.704. The van der Waals surface area contributed by atoms with E-state index in [0.717, 1.165) is 10.1 Å². The van der Waals surface area contributed by atoms with Crippen molar-refractivity contribution in [2.45, 2.75) is 13.8 Å². The maximum atomic E-state index is 5.48. The molecule has 0 aliphatic carbocycles. The van der Waals surface area contributed by atoms with Gasteiger partial charge in [0.05, 0.1) is 0 Å². The third-order valence-corrected chi connectivity index (χ3v) is 30.2. The van der Waals surface area contributed by atoms with Crippen molar-refractivity contribution in [3.63, 3.8) is 0 Å². The maximum absolute atomic E-state index is 5.48.